The van der Waals surface area contributed by atoms with Crippen LogP contribution in [0.5, 0.6) is 0 Å². The minimum absolute atomic E-state index is 0.105. The van der Waals surface area contributed by atoms with Gasteiger partial charge in [0.2, 0.25) is 0 Å². The number of rotatable bonds is 3. The van der Waals surface area contributed by atoms with E-state index in [1.54, 1.807) is 12.1 Å². The molecule has 2 aromatic rings. The van der Waals surface area contributed by atoms with E-state index in [9.17, 15) is 9.18 Å². The van der Waals surface area contributed by atoms with E-state index in [1.165, 1.54) is 42.5 Å². The van der Waals surface area contributed by atoms with E-state index in [0.29, 0.717) is 11.6 Å². The number of nitrogens with one attached hydrogen (secondary N) is 1. The van der Waals surface area contributed by atoms with E-state index in [-0.39, 0.29) is 17.8 Å². The number of hydrogen-bond acceptors (Lipinski definition) is 2. The molecule has 4 heteroatoms. The van der Waals surface area contributed by atoms with Gasteiger partial charge in [0.15, 0.2) is 0 Å². The molecule has 1 heterocycles. The zero-order valence-corrected chi connectivity index (χ0v) is 15.0. The van der Waals surface area contributed by atoms with Crippen LogP contribution < -0.4 is 5.32 Å². The molecule has 1 amide bonds. The number of benzene rings is 2. The van der Waals surface area contributed by atoms with Crippen molar-refractivity contribution in [2.45, 2.75) is 44.2 Å². The smallest absolute Gasteiger partial charge is 0.251 e. The normalized spacial score (nSPS) is 21.2. The summed E-state index contributed by atoms with van der Waals surface area (Å²) in [5, 5.41) is 3.11. The van der Waals surface area contributed by atoms with E-state index in [1.807, 2.05) is 0 Å². The Hall–Kier alpha value is -2.20. The van der Waals surface area contributed by atoms with Crippen molar-refractivity contribution in [3.8, 4) is 0 Å². The van der Waals surface area contributed by atoms with Gasteiger partial charge >= 0.3 is 0 Å². The average molecular weight is 352 g/mol. The predicted octanol–water partition coefficient (Wildman–Crippen LogP) is 4.10. The molecule has 26 heavy (non-hydrogen) atoms. The van der Waals surface area contributed by atoms with Crippen molar-refractivity contribution < 1.29 is 9.18 Å². The van der Waals surface area contributed by atoms with Crippen LogP contribution in [0.15, 0.2) is 48.5 Å². The van der Waals surface area contributed by atoms with Crippen molar-refractivity contribution >= 4 is 5.91 Å². The Kier molecular flexibility index (Phi) is 5.02. The van der Waals surface area contributed by atoms with Gasteiger partial charge in [0.1, 0.15) is 5.82 Å². The van der Waals surface area contributed by atoms with Crippen LogP contribution in [0.1, 0.15) is 53.2 Å². The molecule has 1 N–H and O–H groups in total. The molecule has 2 aliphatic rings. The molecule has 0 spiro atoms. The van der Waals surface area contributed by atoms with Crippen LogP contribution in [0, 0.1) is 5.82 Å². The molecule has 1 unspecified atom stereocenters. The second kappa shape index (κ2) is 7.58. The number of likely N-dealkylation sites (tertiary alicyclic amines) is 1. The van der Waals surface area contributed by atoms with Crippen LogP contribution in [0.2, 0.25) is 0 Å². The summed E-state index contributed by atoms with van der Waals surface area (Å²) >= 11 is 0. The maximum absolute atomic E-state index is 13.0. The highest BCUT2D eigenvalue weighted by Gasteiger charge is 2.29. The zero-order valence-electron chi connectivity index (χ0n) is 15.0. The number of carbonyl (C=O) groups is 1. The lowest BCUT2D eigenvalue weighted by atomic mass is 9.86. The van der Waals surface area contributed by atoms with Gasteiger partial charge in [-0.05, 0) is 67.5 Å². The van der Waals surface area contributed by atoms with Gasteiger partial charge in [-0.1, -0.05) is 24.3 Å². The fourth-order valence-corrected chi connectivity index (χ4v) is 4.33. The molecule has 0 saturated carbocycles. The van der Waals surface area contributed by atoms with Gasteiger partial charge in [0.25, 0.3) is 5.91 Å². The van der Waals surface area contributed by atoms with Gasteiger partial charge in [-0.25, -0.2) is 4.39 Å². The van der Waals surface area contributed by atoms with Gasteiger partial charge in [-0.2, -0.15) is 0 Å². The lowest BCUT2D eigenvalue weighted by molar-refractivity contribution is 0.0881. The molecule has 1 aliphatic carbocycles. The summed E-state index contributed by atoms with van der Waals surface area (Å²) < 4.78 is 13.0. The number of halogens is 1. The summed E-state index contributed by atoms with van der Waals surface area (Å²) in [5.74, 6) is -0.422. The van der Waals surface area contributed by atoms with E-state index >= 15 is 0 Å². The Balaban J connectivity index is 1.35. The summed E-state index contributed by atoms with van der Waals surface area (Å²) in [7, 11) is 0. The average Bonchev–Trinajstić information content (AvgIpc) is 2.69. The number of piperidine rings is 1. The third-order valence-corrected chi connectivity index (χ3v) is 5.75. The Morgan fingerprint density at radius 3 is 2.50 bits per heavy atom. The summed E-state index contributed by atoms with van der Waals surface area (Å²) in [6, 6.07) is 15.3. The van der Waals surface area contributed by atoms with E-state index in [0.717, 1.165) is 25.9 Å². The van der Waals surface area contributed by atoms with E-state index in [4.69, 9.17) is 0 Å². The first-order chi connectivity index (χ1) is 12.7. The molecule has 2 aromatic carbocycles. The summed E-state index contributed by atoms with van der Waals surface area (Å²) in [6.45, 7) is 2.01. The molecule has 1 atom stereocenters. The SMILES string of the molecule is O=C(NC1CCN(C2CCCc3ccccc32)CC1)c1ccc(F)cc1. The Labute approximate surface area is 154 Å². The minimum atomic E-state index is -0.317. The van der Waals surface area contributed by atoms with Gasteiger partial charge in [0.05, 0.1) is 0 Å². The van der Waals surface area contributed by atoms with Crippen LogP contribution in [-0.4, -0.2) is 29.9 Å². The molecule has 0 bridgehead atoms. The molecule has 0 radical (unpaired) electrons. The van der Waals surface area contributed by atoms with E-state index in [2.05, 4.69) is 34.5 Å². The highest BCUT2D eigenvalue weighted by atomic mass is 19.1. The second-order valence-corrected chi connectivity index (χ2v) is 7.40. The van der Waals surface area contributed by atoms with Crippen molar-refractivity contribution in [3.05, 3.63) is 71.0 Å². The standard InChI is InChI=1S/C22H25FN2O/c23-18-10-8-17(9-11-18)22(26)24-19-12-14-25(15-13-19)21-7-3-5-16-4-1-2-6-20(16)21/h1-2,4,6,8-11,19,21H,3,5,7,12-15H2,(H,24,26). The molecule has 1 saturated heterocycles. The molecular weight excluding hydrogens is 327 g/mol. The van der Waals surface area contributed by atoms with Crippen molar-refractivity contribution in [1.29, 1.82) is 0 Å². The summed E-state index contributed by atoms with van der Waals surface area (Å²) in [6.07, 6.45) is 5.60. The Bertz CT molecular complexity index is 766. The van der Waals surface area contributed by atoms with Crippen molar-refractivity contribution in [2.24, 2.45) is 0 Å². The molecule has 3 nitrogen and oxygen atoms in total. The first kappa shape index (κ1) is 17.2. The minimum Gasteiger partial charge on any atom is -0.349 e. The van der Waals surface area contributed by atoms with Gasteiger partial charge < -0.3 is 5.32 Å². The van der Waals surface area contributed by atoms with Crippen LogP contribution in [-0.2, 0) is 6.42 Å². The number of amides is 1. The molecular formula is C22H25FN2O. The number of fused-ring (bicyclic) bond motifs is 1. The molecule has 0 aromatic heterocycles. The van der Waals surface area contributed by atoms with Crippen molar-refractivity contribution in [1.82, 2.24) is 10.2 Å². The highest BCUT2D eigenvalue weighted by Crippen LogP contribution is 2.35. The lowest BCUT2D eigenvalue weighted by Crippen LogP contribution is -2.46. The van der Waals surface area contributed by atoms with Gasteiger partial charge in [-0.3, -0.25) is 9.69 Å². The number of carbonyl (C=O) groups excluding carboxylic acids is 1. The largest absolute Gasteiger partial charge is 0.349 e. The molecule has 1 fully saturated rings. The Morgan fingerprint density at radius 1 is 1.00 bits per heavy atom. The fraction of sp³-hybridized carbons (Fsp3) is 0.409. The topological polar surface area (TPSA) is 32.3 Å². The third-order valence-electron chi connectivity index (χ3n) is 5.75. The van der Waals surface area contributed by atoms with Crippen LogP contribution in [0.3, 0.4) is 0 Å². The fourth-order valence-electron chi connectivity index (χ4n) is 4.33. The quantitative estimate of drug-likeness (QED) is 0.902. The van der Waals surface area contributed by atoms with Gasteiger partial charge in [0, 0.05) is 30.7 Å². The van der Waals surface area contributed by atoms with E-state index < -0.39 is 0 Å². The lowest BCUT2D eigenvalue weighted by Gasteiger charge is -2.40. The Morgan fingerprint density at radius 2 is 1.73 bits per heavy atom. The maximum Gasteiger partial charge on any atom is 0.251 e. The maximum atomic E-state index is 13.0. The monoisotopic (exact) mass is 352 g/mol. The van der Waals surface area contributed by atoms with Crippen molar-refractivity contribution in [3.63, 3.8) is 0 Å². The first-order valence-corrected chi connectivity index (χ1v) is 9.59. The predicted molar refractivity (Wildman–Crippen MR) is 101 cm³/mol. The number of hydrogen-bond donors (Lipinski definition) is 1. The first-order valence-electron chi connectivity index (χ1n) is 9.59. The summed E-state index contributed by atoms with van der Waals surface area (Å²) in [4.78, 5) is 14.9. The van der Waals surface area contributed by atoms with Crippen LogP contribution in [0.4, 0.5) is 4.39 Å². The van der Waals surface area contributed by atoms with Crippen molar-refractivity contribution in [2.75, 3.05) is 13.1 Å². The second-order valence-electron chi connectivity index (χ2n) is 7.40. The van der Waals surface area contributed by atoms with Gasteiger partial charge in [-0.15, -0.1) is 0 Å². The number of nitrogens with zero attached hydrogens (tertiary/aromatic N) is 1. The zero-order chi connectivity index (χ0) is 17.9. The van der Waals surface area contributed by atoms with Crippen LogP contribution in [0.25, 0.3) is 0 Å². The highest BCUT2D eigenvalue weighted by molar-refractivity contribution is 5.94. The molecule has 136 valence electrons. The molecule has 1 aliphatic heterocycles. The third kappa shape index (κ3) is 3.65. The van der Waals surface area contributed by atoms with Crippen LogP contribution >= 0.6 is 0 Å². The number of aryl methyl sites for hydroxylation is 1. The molecule has 4 rings (SSSR count). The summed E-state index contributed by atoms with van der Waals surface area (Å²) in [5.41, 5.74) is 3.51.